The number of fused-ring (bicyclic) bond motifs is 1. The van der Waals surface area contributed by atoms with E-state index in [0.717, 1.165) is 22.5 Å². The topological polar surface area (TPSA) is 112 Å². The number of aromatic nitrogens is 3. The van der Waals surface area contributed by atoms with Gasteiger partial charge in [0.05, 0.1) is 0 Å². The summed E-state index contributed by atoms with van der Waals surface area (Å²) in [5.41, 5.74) is 0.597. The highest BCUT2D eigenvalue weighted by atomic mass is 32.2. The number of hydrogen-bond donors (Lipinski definition) is 2. The van der Waals surface area contributed by atoms with E-state index in [1.54, 1.807) is 6.07 Å². The molecule has 8 heteroatoms. The van der Waals surface area contributed by atoms with E-state index in [1.165, 1.54) is 6.08 Å². The van der Waals surface area contributed by atoms with Gasteiger partial charge in [0.2, 0.25) is 5.16 Å². The van der Waals surface area contributed by atoms with E-state index in [1.807, 2.05) is 43.3 Å². The number of aryl methyl sites for hydroxylation is 1. The third kappa shape index (κ3) is 4.27. The minimum absolute atomic E-state index is 0.0508. The van der Waals surface area contributed by atoms with Crippen LogP contribution in [0, 0.1) is 11.3 Å². The Morgan fingerprint density at radius 3 is 2.89 bits per heavy atom. The van der Waals surface area contributed by atoms with Crippen LogP contribution in [0.4, 0.5) is 0 Å². The summed E-state index contributed by atoms with van der Waals surface area (Å²) >= 11 is 0.956. The van der Waals surface area contributed by atoms with E-state index >= 15 is 0 Å². The first-order chi connectivity index (χ1) is 13.1. The third-order valence-electron chi connectivity index (χ3n) is 3.76. The summed E-state index contributed by atoms with van der Waals surface area (Å²) in [6, 6.07) is 13.1. The van der Waals surface area contributed by atoms with E-state index < -0.39 is 5.97 Å². The number of thioether (sulfide) groups is 1. The fourth-order valence-electron chi connectivity index (χ4n) is 2.51. The lowest BCUT2D eigenvalue weighted by Crippen LogP contribution is -2.00. The van der Waals surface area contributed by atoms with Crippen LogP contribution in [0.25, 0.3) is 16.8 Å². The minimum Gasteiger partial charge on any atom is -0.478 e. The maximum Gasteiger partial charge on any atom is 0.342 e. The van der Waals surface area contributed by atoms with Crippen LogP contribution >= 0.6 is 11.8 Å². The molecule has 1 heterocycles. The van der Waals surface area contributed by atoms with Gasteiger partial charge >= 0.3 is 5.97 Å². The first-order valence-electron chi connectivity index (χ1n) is 8.18. The molecule has 0 radical (unpaired) electrons. The maximum atomic E-state index is 11.8. The Morgan fingerprint density at radius 1 is 1.37 bits per heavy atom. The lowest BCUT2D eigenvalue weighted by Gasteiger charge is -2.11. The fourth-order valence-corrected chi connectivity index (χ4v) is 3.21. The molecule has 2 aromatic carbocycles. The van der Waals surface area contributed by atoms with Gasteiger partial charge in [0.15, 0.2) is 6.61 Å². The van der Waals surface area contributed by atoms with Gasteiger partial charge in [-0.25, -0.2) is 9.78 Å². The SMILES string of the molecule is CCc1nc(S/C(=C\c2c(OCC#N)ccc3ccccc23)C(=O)O)n[nH]1. The van der Waals surface area contributed by atoms with Crippen molar-refractivity contribution >= 4 is 34.6 Å². The quantitative estimate of drug-likeness (QED) is 0.475. The van der Waals surface area contributed by atoms with Crippen molar-refractivity contribution < 1.29 is 14.6 Å². The molecule has 7 nitrogen and oxygen atoms in total. The summed E-state index contributed by atoms with van der Waals surface area (Å²) < 4.78 is 5.50. The van der Waals surface area contributed by atoms with E-state index in [4.69, 9.17) is 10.00 Å². The smallest absolute Gasteiger partial charge is 0.342 e. The van der Waals surface area contributed by atoms with Gasteiger partial charge in [0.1, 0.15) is 22.5 Å². The molecule has 0 fully saturated rings. The van der Waals surface area contributed by atoms with Gasteiger partial charge in [0.25, 0.3) is 0 Å². The lowest BCUT2D eigenvalue weighted by molar-refractivity contribution is -0.131. The predicted molar refractivity (Wildman–Crippen MR) is 102 cm³/mol. The molecule has 3 aromatic rings. The molecule has 3 rings (SSSR count). The second-order valence-electron chi connectivity index (χ2n) is 5.48. The van der Waals surface area contributed by atoms with Crippen molar-refractivity contribution in [2.24, 2.45) is 0 Å². The normalized spacial score (nSPS) is 11.3. The molecular formula is C19H16N4O3S. The van der Waals surface area contributed by atoms with Crippen molar-refractivity contribution in [3.05, 3.63) is 52.7 Å². The molecule has 0 saturated carbocycles. The fraction of sp³-hybridized carbons (Fsp3) is 0.158. The van der Waals surface area contributed by atoms with Gasteiger partial charge in [-0.05, 0) is 34.7 Å². The van der Waals surface area contributed by atoms with Crippen LogP contribution in [0.1, 0.15) is 18.3 Å². The van der Waals surface area contributed by atoms with Crippen molar-refractivity contribution in [1.82, 2.24) is 15.2 Å². The first kappa shape index (κ1) is 18.5. The van der Waals surface area contributed by atoms with Gasteiger partial charge in [-0.2, -0.15) is 5.26 Å². The predicted octanol–water partition coefficient (Wildman–Crippen LogP) is 3.64. The highest BCUT2D eigenvalue weighted by molar-refractivity contribution is 8.04. The van der Waals surface area contributed by atoms with E-state index in [2.05, 4.69) is 15.2 Å². The Hall–Kier alpha value is -3.31. The number of nitrogens with one attached hydrogen (secondary N) is 1. The second kappa shape index (κ2) is 8.38. The average molecular weight is 380 g/mol. The van der Waals surface area contributed by atoms with Gasteiger partial charge < -0.3 is 9.84 Å². The average Bonchev–Trinajstić information content (AvgIpc) is 3.14. The maximum absolute atomic E-state index is 11.8. The van der Waals surface area contributed by atoms with Crippen LogP contribution in [-0.2, 0) is 11.2 Å². The third-order valence-corrected chi connectivity index (χ3v) is 4.63. The molecular weight excluding hydrogens is 364 g/mol. The molecule has 0 saturated heterocycles. The Morgan fingerprint density at radius 2 is 2.19 bits per heavy atom. The van der Waals surface area contributed by atoms with Crippen LogP contribution < -0.4 is 4.74 Å². The van der Waals surface area contributed by atoms with Crippen LogP contribution in [0.3, 0.4) is 0 Å². The van der Waals surface area contributed by atoms with Crippen LogP contribution in [-0.4, -0.2) is 32.9 Å². The number of aromatic amines is 1. The van der Waals surface area contributed by atoms with Crippen LogP contribution in [0.15, 0.2) is 46.5 Å². The molecule has 0 unspecified atom stereocenters. The standard InChI is InChI=1S/C19H16N4O3S/c1-2-17-21-19(23-22-17)27-16(18(24)25)11-14-13-6-4-3-5-12(13)7-8-15(14)26-10-9-20/h3-8,11H,2,10H2,1H3,(H,24,25)(H,21,22,23)/b16-11-. The summed E-state index contributed by atoms with van der Waals surface area (Å²) in [5.74, 6) is 0.0336. The highest BCUT2D eigenvalue weighted by Crippen LogP contribution is 2.33. The number of hydrogen-bond acceptors (Lipinski definition) is 6. The van der Waals surface area contributed by atoms with E-state index in [9.17, 15) is 9.90 Å². The number of aliphatic carboxylic acids is 1. The number of rotatable bonds is 7. The lowest BCUT2D eigenvalue weighted by atomic mass is 10.0. The zero-order valence-electron chi connectivity index (χ0n) is 14.5. The Bertz CT molecular complexity index is 1050. The number of carboxylic acids is 1. The summed E-state index contributed by atoms with van der Waals surface area (Å²) in [6.07, 6.45) is 2.21. The highest BCUT2D eigenvalue weighted by Gasteiger charge is 2.16. The van der Waals surface area contributed by atoms with Crippen LogP contribution in [0.2, 0.25) is 0 Å². The summed E-state index contributed by atoms with van der Waals surface area (Å²) in [5, 5.41) is 27.4. The van der Waals surface area contributed by atoms with Gasteiger partial charge in [-0.3, -0.25) is 5.10 Å². The van der Waals surface area contributed by atoms with Gasteiger partial charge in [0, 0.05) is 12.0 Å². The molecule has 0 spiro atoms. The molecule has 1 aromatic heterocycles. The van der Waals surface area contributed by atoms with Crippen molar-refractivity contribution in [3.8, 4) is 11.8 Å². The number of benzene rings is 2. The number of carboxylic acid groups (broad SMARTS) is 1. The van der Waals surface area contributed by atoms with Gasteiger partial charge in [-0.15, -0.1) is 5.10 Å². The Labute approximate surface area is 159 Å². The summed E-state index contributed by atoms with van der Waals surface area (Å²) in [7, 11) is 0. The van der Waals surface area contributed by atoms with Gasteiger partial charge in [-0.1, -0.05) is 37.3 Å². The Balaban J connectivity index is 2.08. The number of ether oxygens (including phenoxy) is 1. The molecule has 0 amide bonds. The Kier molecular flexibility index (Phi) is 5.74. The first-order valence-corrected chi connectivity index (χ1v) is 8.99. The van der Waals surface area contributed by atoms with Crippen LogP contribution in [0.5, 0.6) is 5.75 Å². The zero-order chi connectivity index (χ0) is 19.2. The molecule has 27 heavy (non-hydrogen) atoms. The largest absolute Gasteiger partial charge is 0.478 e. The minimum atomic E-state index is -1.10. The molecule has 0 bridgehead atoms. The second-order valence-corrected chi connectivity index (χ2v) is 6.49. The van der Waals surface area contributed by atoms with E-state index in [0.29, 0.717) is 28.7 Å². The van der Waals surface area contributed by atoms with Crippen molar-refractivity contribution in [2.75, 3.05) is 6.61 Å². The molecule has 0 aliphatic carbocycles. The monoisotopic (exact) mass is 380 g/mol. The summed E-state index contributed by atoms with van der Waals surface area (Å²) in [6.45, 7) is 1.80. The molecule has 0 aliphatic rings. The number of H-pyrrole nitrogens is 1. The molecule has 0 atom stereocenters. The molecule has 136 valence electrons. The number of nitrogens with zero attached hydrogens (tertiary/aromatic N) is 3. The molecule has 2 N–H and O–H groups in total. The number of nitriles is 1. The summed E-state index contributed by atoms with van der Waals surface area (Å²) in [4.78, 5) is 16.1. The molecule has 0 aliphatic heterocycles. The number of carbonyl (C=O) groups is 1. The van der Waals surface area contributed by atoms with Crippen molar-refractivity contribution in [1.29, 1.82) is 5.26 Å². The van der Waals surface area contributed by atoms with Crippen molar-refractivity contribution in [2.45, 2.75) is 18.5 Å². The van der Waals surface area contributed by atoms with E-state index in [-0.39, 0.29) is 11.5 Å². The zero-order valence-corrected chi connectivity index (χ0v) is 15.3. The van der Waals surface area contributed by atoms with Crippen molar-refractivity contribution in [3.63, 3.8) is 0 Å².